The molecule has 0 fully saturated rings. The monoisotopic (exact) mass is 209 g/mol. The third kappa shape index (κ3) is 1.79. The molecule has 0 unspecified atom stereocenters. The molecule has 0 spiro atoms. The molecule has 1 aliphatic heterocycles. The second kappa shape index (κ2) is 3.88. The molecule has 0 bridgehead atoms. The number of ether oxygens (including phenoxy) is 1. The third-order valence-corrected chi connectivity index (χ3v) is 2.31. The molecule has 0 atom stereocenters. The highest BCUT2D eigenvalue weighted by Crippen LogP contribution is 2.32. The molecule has 80 valence electrons. The van der Waals surface area contributed by atoms with E-state index in [0.717, 1.165) is 6.42 Å². The minimum atomic E-state index is -0.348. The van der Waals surface area contributed by atoms with E-state index in [1.54, 1.807) is 11.0 Å². The maximum absolute atomic E-state index is 12.9. The largest absolute Gasteiger partial charge is 0.481 e. The Hall–Kier alpha value is -1.58. The number of rotatable bonds is 2. The summed E-state index contributed by atoms with van der Waals surface area (Å²) in [7, 11) is 0. The average Bonchev–Trinajstić information content (AvgIpc) is 2.22. The van der Waals surface area contributed by atoms with Crippen LogP contribution in [-0.4, -0.2) is 19.1 Å². The SMILES string of the molecule is CCCN1C(=O)COc2cc(F)ccc21. The lowest BCUT2D eigenvalue weighted by Crippen LogP contribution is -2.39. The van der Waals surface area contributed by atoms with Gasteiger partial charge in [-0.05, 0) is 18.6 Å². The molecule has 2 rings (SSSR count). The van der Waals surface area contributed by atoms with Gasteiger partial charge in [-0.25, -0.2) is 4.39 Å². The zero-order valence-corrected chi connectivity index (χ0v) is 8.50. The first-order valence-corrected chi connectivity index (χ1v) is 4.95. The average molecular weight is 209 g/mol. The highest BCUT2D eigenvalue weighted by molar-refractivity contribution is 5.97. The van der Waals surface area contributed by atoms with E-state index in [0.29, 0.717) is 18.0 Å². The molecule has 1 aliphatic rings. The standard InChI is InChI=1S/C11H12FNO2/c1-2-5-13-9-4-3-8(12)6-10(9)15-7-11(13)14/h3-4,6H,2,5,7H2,1H3. The van der Waals surface area contributed by atoms with Crippen LogP contribution in [0.25, 0.3) is 0 Å². The second-order valence-electron chi connectivity index (χ2n) is 3.45. The van der Waals surface area contributed by atoms with E-state index in [1.165, 1.54) is 12.1 Å². The van der Waals surface area contributed by atoms with Gasteiger partial charge in [0.1, 0.15) is 11.6 Å². The van der Waals surface area contributed by atoms with E-state index in [4.69, 9.17) is 4.74 Å². The summed E-state index contributed by atoms with van der Waals surface area (Å²) in [4.78, 5) is 13.2. The van der Waals surface area contributed by atoms with Crippen LogP contribution in [0.15, 0.2) is 18.2 Å². The summed E-state index contributed by atoms with van der Waals surface area (Å²) in [6.45, 7) is 2.63. The summed E-state index contributed by atoms with van der Waals surface area (Å²) in [5, 5.41) is 0. The molecule has 3 nitrogen and oxygen atoms in total. The van der Waals surface area contributed by atoms with Crippen LogP contribution in [0, 0.1) is 5.82 Å². The number of hydrogen-bond donors (Lipinski definition) is 0. The summed E-state index contributed by atoms with van der Waals surface area (Å²) in [6.07, 6.45) is 0.864. The van der Waals surface area contributed by atoms with Crippen molar-refractivity contribution < 1.29 is 13.9 Å². The zero-order valence-electron chi connectivity index (χ0n) is 8.50. The van der Waals surface area contributed by atoms with E-state index in [-0.39, 0.29) is 18.3 Å². The minimum absolute atomic E-state index is 0.00352. The molecule has 0 aliphatic carbocycles. The number of halogens is 1. The molecule has 0 radical (unpaired) electrons. The van der Waals surface area contributed by atoms with Gasteiger partial charge in [-0.15, -0.1) is 0 Å². The van der Waals surface area contributed by atoms with Crippen molar-refractivity contribution in [1.29, 1.82) is 0 Å². The number of fused-ring (bicyclic) bond motifs is 1. The van der Waals surface area contributed by atoms with Gasteiger partial charge in [0.25, 0.3) is 5.91 Å². The molecule has 1 aromatic carbocycles. The highest BCUT2D eigenvalue weighted by Gasteiger charge is 2.24. The van der Waals surface area contributed by atoms with Gasteiger partial charge >= 0.3 is 0 Å². The number of carbonyl (C=O) groups is 1. The Morgan fingerprint density at radius 3 is 3.07 bits per heavy atom. The van der Waals surface area contributed by atoms with Crippen LogP contribution < -0.4 is 9.64 Å². The van der Waals surface area contributed by atoms with Gasteiger partial charge in [0.15, 0.2) is 6.61 Å². The van der Waals surface area contributed by atoms with Gasteiger partial charge in [-0.2, -0.15) is 0 Å². The predicted octanol–water partition coefficient (Wildman–Crippen LogP) is 1.96. The fourth-order valence-corrected chi connectivity index (χ4v) is 1.65. The fraction of sp³-hybridized carbons (Fsp3) is 0.364. The van der Waals surface area contributed by atoms with Crippen LogP contribution in [0.3, 0.4) is 0 Å². The molecule has 0 aromatic heterocycles. The van der Waals surface area contributed by atoms with Crippen molar-refractivity contribution in [2.45, 2.75) is 13.3 Å². The van der Waals surface area contributed by atoms with Crippen LogP contribution in [0.5, 0.6) is 5.75 Å². The summed E-state index contributed by atoms with van der Waals surface area (Å²) in [5.41, 5.74) is 0.662. The molecule has 0 saturated heterocycles. The van der Waals surface area contributed by atoms with Crippen molar-refractivity contribution in [3.63, 3.8) is 0 Å². The van der Waals surface area contributed by atoms with E-state index in [1.807, 2.05) is 6.92 Å². The quantitative estimate of drug-likeness (QED) is 0.745. The van der Waals surface area contributed by atoms with E-state index < -0.39 is 0 Å². The van der Waals surface area contributed by atoms with Crippen LogP contribution in [-0.2, 0) is 4.79 Å². The number of anilines is 1. The molecular formula is C11H12FNO2. The first-order valence-electron chi connectivity index (χ1n) is 4.95. The number of hydrogen-bond acceptors (Lipinski definition) is 2. The number of amides is 1. The zero-order chi connectivity index (χ0) is 10.8. The van der Waals surface area contributed by atoms with Crippen molar-refractivity contribution in [2.24, 2.45) is 0 Å². The van der Waals surface area contributed by atoms with Crippen LogP contribution in [0.2, 0.25) is 0 Å². The van der Waals surface area contributed by atoms with Crippen LogP contribution in [0.4, 0.5) is 10.1 Å². The van der Waals surface area contributed by atoms with Gasteiger partial charge in [0, 0.05) is 12.6 Å². The van der Waals surface area contributed by atoms with Crippen LogP contribution >= 0.6 is 0 Å². The third-order valence-electron chi connectivity index (χ3n) is 2.31. The Kier molecular flexibility index (Phi) is 2.58. The highest BCUT2D eigenvalue weighted by atomic mass is 19.1. The Bertz CT molecular complexity index is 392. The van der Waals surface area contributed by atoms with Crippen molar-refractivity contribution in [3.05, 3.63) is 24.0 Å². The Morgan fingerprint density at radius 1 is 1.53 bits per heavy atom. The van der Waals surface area contributed by atoms with Gasteiger partial charge in [0.2, 0.25) is 0 Å². The first kappa shape index (κ1) is 9.96. The Balaban J connectivity index is 2.39. The van der Waals surface area contributed by atoms with Crippen molar-refractivity contribution in [1.82, 2.24) is 0 Å². The summed E-state index contributed by atoms with van der Waals surface area (Å²) >= 11 is 0. The first-order chi connectivity index (χ1) is 7.22. The van der Waals surface area contributed by atoms with Gasteiger partial charge in [-0.1, -0.05) is 6.92 Å². The fourth-order valence-electron chi connectivity index (χ4n) is 1.65. The maximum atomic E-state index is 12.9. The molecule has 1 amide bonds. The van der Waals surface area contributed by atoms with Crippen molar-refractivity contribution in [2.75, 3.05) is 18.1 Å². The lowest BCUT2D eigenvalue weighted by molar-refractivity contribution is -0.121. The van der Waals surface area contributed by atoms with Gasteiger partial charge in [0.05, 0.1) is 5.69 Å². The smallest absolute Gasteiger partial charge is 0.265 e. The van der Waals surface area contributed by atoms with Crippen molar-refractivity contribution >= 4 is 11.6 Å². The predicted molar refractivity (Wildman–Crippen MR) is 54.5 cm³/mol. The normalized spacial score (nSPS) is 14.8. The van der Waals surface area contributed by atoms with Gasteiger partial charge in [-0.3, -0.25) is 4.79 Å². The summed E-state index contributed by atoms with van der Waals surface area (Å²) < 4.78 is 18.1. The number of nitrogens with zero attached hydrogens (tertiary/aromatic N) is 1. The molecule has 1 aromatic rings. The van der Waals surface area contributed by atoms with Crippen molar-refractivity contribution in [3.8, 4) is 5.75 Å². The molecule has 15 heavy (non-hydrogen) atoms. The van der Waals surface area contributed by atoms with E-state index >= 15 is 0 Å². The summed E-state index contributed by atoms with van der Waals surface area (Å²) in [5.74, 6) is 0.0264. The van der Waals surface area contributed by atoms with Gasteiger partial charge < -0.3 is 9.64 Å². The van der Waals surface area contributed by atoms with Crippen LogP contribution in [0.1, 0.15) is 13.3 Å². The number of carbonyl (C=O) groups excluding carboxylic acids is 1. The summed E-state index contributed by atoms with van der Waals surface area (Å²) in [6, 6.07) is 4.23. The molecule has 1 heterocycles. The Morgan fingerprint density at radius 2 is 2.33 bits per heavy atom. The molecule has 0 saturated carbocycles. The minimum Gasteiger partial charge on any atom is -0.481 e. The lowest BCUT2D eigenvalue weighted by Gasteiger charge is -2.28. The van der Waals surface area contributed by atoms with E-state index in [2.05, 4.69) is 0 Å². The Labute approximate surface area is 87.5 Å². The molecule has 4 heteroatoms. The second-order valence-corrected chi connectivity index (χ2v) is 3.45. The molecule has 0 N–H and O–H groups in total. The number of benzene rings is 1. The van der Waals surface area contributed by atoms with E-state index in [9.17, 15) is 9.18 Å². The topological polar surface area (TPSA) is 29.5 Å². The molecular weight excluding hydrogens is 197 g/mol. The lowest BCUT2D eigenvalue weighted by atomic mass is 10.2. The maximum Gasteiger partial charge on any atom is 0.265 e.